The third-order valence-corrected chi connectivity index (χ3v) is 4.61. The van der Waals surface area contributed by atoms with Crippen LogP contribution in [0.5, 0.6) is 5.75 Å². The second kappa shape index (κ2) is 8.29. The number of halogens is 1. The smallest absolute Gasteiger partial charge is 0.234 e. The highest BCUT2D eigenvalue weighted by Crippen LogP contribution is 2.22. The molecule has 0 radical (unpaired) electrons. The lowest BCUT2D eigenvalue weighted by Gasteiger charge is -2.07. The highest BCUT2D eigenvalue weighted by atomic mass is 127. The third kappa shape index (κ3) is 5.24. The summed E-state index contributed by atoms with van der Waals surface area (Å²) in [6, 6.07) is 15.5. The molecule has 0 bridgehead atoms. The van der Waals surface area contributed by atoms with Gasteiger partial charge in [-0.3, -0.25) is 4.79 Å². The van der Waals surface area contributed by atoms with E-state index in [0.29, 0.717) is 12.4 Å². The molecule has 2 aromatic carbocycles. The summed E-state index contributed by atoms with van der Waals surface area (Å²) in [5.74, 6) is 1.24. The molecule has 21 heavy (non-hydrogen) atoms. The van der Waals surface area contributed by atoms with Crippen LogP contribution in [0.25, 0.3) is 0 Å². The van der Waals surface area contributed by atoms with Gasteiger partial charge in [-0.1, -0.05) is 12.1 Å². The maximum absolute atomic E-state index is 11.9. The Hall–Kier alpha value is -1.21. The van der Waals surface area contributed by atoms with Gasteiger partial charge in [0, 0.05) is 8.47 Å². The van der Waals surface area contributed by atoms with Crippen molar-refractivity contribution >= 4 is 45.9 Å². The van der Waals surface area contributed by atoms with Gasteiger partial charge in [-0.25, -0.2) is 0 Å². The fraction of sp³-hybridized carbons (Fsp3) is 0.188. The molecule has 0 aliphatic carbocycles. The van der Waals surface area contributed by atoms with Gasteiger partial charge in [-0.05, 0) is 65.9 Å². The van der Waals surface area contributed by atoms with E-state index in [9.17, 15) is 4.79 Å². The summed E-state index contributed by atoms with van der Waals surface area (Å²) >= 11 is 3.72. The molecule has 0 aliphatic rings. The maximum atomic E-state index is 11.9. The molecule has 0 fully saturated rings. The second-order valence-corrected chi connectivity index (χ2v) is 6.43. The number of nitrogens with one attached hydrogen (secondary N) is 1. The summed E-state index contributed by atoms with van der Waals surface area (Å²) in [7, 11) is 0. The highest BCUT2D eigenvalue weighted by Gasteiger charge is 2.06. The van der Waals surface area contributed by atoms with Gasteiger partial charge in [0.15, 0.2) is 0 Å². The number of ether oxygens (including phenoxy) is 1. The monoisotopic (exact) mass is 413 g/mol. The van der Waals surface area contributed by atoms with E-state index >= 15 is 0 Å². The minimum Gasteiger partial charge on any atom is -0.494 e. The first kappa shape index (κ1) is 16.2. The van der Waals surface area contributed by atoms with E-state index in [0.717, 1.165) is 19.9 Å². The molecule has 0 spiro atoms. The number of thioether (sulfide) groups is 1. The molecule has 0 aliphatic heterocycles. The number of rotatable bonds is 6. The average Bonchev–Trinajstić information content (AvgIpc) is 2.49. The predicted molar refractivity (Wildman–Crippen MR) is 96.1 cm³/mol. The Labute approximate surface area is 142 Å². The number of para-hydroxylation sites is 1. The molecule has 2 rings (SSSR count). The molecule has 0 saturated heterocycles. The van der Waals surface area contributed by atoms with Crippen molar-refractivity contribution in [1.82, 2.24) is 0 Å². The van der Waals surface area contributed by atoms with Crippen molar-refractivity contribution in [3.63, 3.8) is 0 Å². The minimum absolute atomic E-state index is 0.00185. The van der Waals surface area contributed by atoms with Gasteiger partial charge in [-0.15, -0.1) is 11.8 Å². The number of carbonyl (C=O) groups is 1. The first-order valence-corrected chi connectivity index (χ1v) is 8.65. The number of anilines is 1. The zero-order valence-corrected chi connectivity index (χ0v) is 14.6. The van der Waals surface area contributed by atoms with E-state index < -0.39 is 0 Å². The maximum Gasteiger partial charge on any atom is 0.234 e. The molecule has 0 heterocycles. The molecule has 3 nitrogen and oxygen atoms in total. The molecule has 110 valence electrons. The van der Waals surface area contributed by atoms with Crippen LogP contribution in [0.2, 0.25) is 0 Å². The zero-order chi connectivity index (χ0) is 15.1. The summed E-state index contributed by atoms with van der Waals surface area (Å²) in [5, 5.41) is 2.92. The molecular formula is C16H16INO2S. The van der Waals surface area contributed by atoms with Gasteiger partial charge in [-0.2, -0.15) is 0 Å². The van der Waals surface area contributed by atoms with Crippen LogP contribution in [-0.4, -0.2) is 18.3 Å². The standard InChI is InChI=1S/C16H16INO2S/c1-2-20-12-7-9-13(10-8-12)21-11-16(19)18-15-6-4-3-5-14(15)17/h3-10H,2,11H2,1H3,(H,18,19). The second-order valence-electron chi connectivity index (χ2n) is 4.22. The molecule has 1 N–H and O–H groups in total. The van der Waals surface area contributed by atoms with Crippen LogP contribution < -0.4 is 10.1 Å². The van der Waals surface area contributed by atoms with Gasteiger partial charge in [0.25, 0.3) is 0 Å². The van der Waals surface area contributed by atoms with E-state index in [4.69, 9.17) is 4.74 Å². The first-order valence-electron chi connectivity index (χ1n) is 6.59. The minimum atomic E-state index is -0.00185. The summed E-state index contributed by atoms with van der Waals surface area (Å²) < 4.78 is 6.43. The normalized spacial score (nSPS) is 10.2. The number of hydrogen-bond acceptors (Lipinski definition) is 3. The Kier molecular flexibility index (Phi) is 6.38. The largest absolute Gasteiger partial charge is 0.494 e. The summed E-state index contributed by atoms with van der Waals surface area (Å²) in [4.78, 5) is 13.0. The Bertz CT molecular complexity index is 601. The van der Waals surface area contributed by atoms with Gasteiger partial charge in [0.1, 0.15) is 5.75 Å². The Morgan fingerprint density at radius 3 is 2.57 bits per heavy atom. The lowest BCUT2D eigenvalue weighted by atomic mass is 10.3. The molecule has 5 heteroatoms. The van der Waals surface area contributed by atoms with Crippen LogP contribution in [0, 0.1) is 3.57 Å². The molecule has 0 saturated carbocycles. The van der Waals surface area contributed by atoms with Crippen LogP contribution in [-0.2, 0) is 4.79 Å². The molecular weight excluding hydrogens is 397 g/mol. The van der Waals surface area contributed by atoms with E-state index in [1.165, 1.54) is 11.8 Å². The number of hydrogen-bond donors (Lipinski definition) is 1. The van der Waals surface area contributed by atoms with Crippen LogP contribution in [0.4, 0.5) is 5.69 Å². The Morgan fingerprint density at radius 1 is 1.19 bits per heavy atom. The van der Waals surface area contributed by atoms with Gasteiger partial charge >= 0.3 is 0 Å². The van der Waals surface area contributed by atoms with Crippen LogP contribution in [0.1, 0.15) is 6.92 Å². The topological polar surface area (TPSA) is 38.3 Å². The van der Waals surface area contributed by atoms with Crippen molar-refractivity contribution in [3.8, 4) is 5.75 Å². The third-order valence-electron chi connectivity index (χ3n) is 2.65. The number of benzene rings is 2. The fourth-order valence-electron chi connectivity index (χ4n) is 1.70. The van der Waals surface area contributed by atoms with E-state index in [1.807, 2.05) is 55.5 Å². The van der Waals surface area contributed by atoms with Crippen molar-refractivity contribution in [1.29, 1.82) is 0 Å². The molecule has 0 aromatic heterocycles. The van der Waals surface area contributed by atoms with Gasteiger partial charge < -0.3 is 10.1 Å². The number of amides is 1. The van der Waals surface area contributed by atoms with Crippen molar-refractivity contribution in [3.05, 3.63) is 52.1 Å². The highest BCUT2D eigenvalue weighted by molar-refractivity contribution is 14.1. The van der Waals surface area contributed by atoms with Crippen LogP contribution in [0.3, 0.4) is 0 Å². The van der Waals surface area contributed by atoms with E-state index in [1.54, 1.807) is 0 Å². The van der Waals surface area contributed by atoms with Crippen molar-refractivity contribution < 1.29 is 9.53 Å². The molecule has 2 aromatic rings. The van der Waals surface area contributed by atoms with Gasteiger partial charge in [0.05, 0.1) is 18.0 Å². The number of carbonyl (C=O) groups excluding carboxylic acids is 1. The Morgan fingerprint density at radius 2 is 1.90 bits per heavy atom. The molecule has 0 atom stereocenters. The average molecular weight is 413 g/mol. The summed E-state index contributed by atoms with van der Waals surface area (Å²) in [6.45, 7) is 2.61. The first-order chi connectivity index (χ1) is 10.2. The van der Waals surface area contributed by atoms with Crippen molar-refractivity contribution in [2.24, 2.45) is 0 Å². The van der Waals surface area contributed by atoms with Crippen molar-refractivity contribution in [2.75, 3.05) is 17.7 Å². The Balaban J connectivity index is 1.85. The lowest BCUT2D eigenvalue weighted by Crippen LogP contribution is -2.14. The lowest BCUT2D eigenvalue weighted by molar-refractivity contribution is -0.113. The SMILES string of the molecule is CCOc1ccc(SCC(=O)Nc2ccccc2I)cc1. The van der Waals surface area contributed by atoms with E-state index in [-0.39, 0.29) is 5.91 Å². The summed E-state index contributed by atoms with van der Waals surface area (Å²) in [5.41, 5.74) is 0.857. The zero-order valence-electron chi connectivity index (χ0n) is 11.6. The van der Waals surface area contributed by atoms with Crippen LogP contribution >= 0.6 is 34.4 Å². The van der Waals surface area contributed by atoms with Crippen LogP contribution in [0.15, 0.2) is 53.4 Å². The van der Waals surface area contributed by atoms with Crippen molar-refractivity contribution in [2.45, 2.75) is 11.8 Å². The summed E-state index contributed by atoms with van der Waals surface area (Å²) in [6.07, 6.45) is 0. The van der Waals surface area contributed by atoms with E-state index in [2.05, 4.69) is 27.9 Å². The molecule has 0 unspecified atom stereocenters. The molecule has 1 amide bonds. The van der Waals surface area contributed by atoms with Gasteiger partial charge in [0.2, 0.25) is 5.91 Å². The fourth-order valence-corrected chi connectivity index (χ4v) is 2.92. The predicted octanol–water partition coefficient (Wildman–Crippen LogP) is 4.42. The quantitative estimate of drug-likeness (QED) is 0.563.